The molecule has 0 spiro atoms. The fraction of sp³-hybridized carbons (Fsp3) is 0.800. The summed E-state index contributed by atoms with van der Waals surface area (Å²) >= 11 is 0. The van der Waals surface area contributed by atoms with Gasteiger partial charge in [-0.25, -0.2) is 0 Å². The molecule has 0 aliphatic rings. The molecule has 0 unspecified atom stereocenters. The van der Waals surface area contributed by atoms with Crippen molar-refractivity contribution in [2.24, 2.45) is 5.73 Å². The zero-order valence-corrected chi connectivity index (χ0v) is 9.51. The van der Waals surface area contributed by atoms with Crippen molar-refractivity contribution in [1.82, 2.24) is 10.6 Å². The van der Waals surface area contributed by atoms with Gasteiger partial charge in [-0.2, -0.15) is 0 Å². The minimum atomic E-state index is -0.125. The molecule has 0 saturated carbocycles. The van der Waals surface area contributed by atoms with Crippen LogP contribution in [0, 0.1) is 0 Å². The van der Waals surface area contributed by atoms with Crippen LogP contribution in [0.15, 0.2) is 0 Å². The van der Waals surface area contributed by atoms with Crippen LogP contribution in [0.5, 0.6) is 0 Å². The maximum Gasteiger partial charge on any atom is 0.220 e. The molecule has 0 aromatic carbocycles. The van der Waals surface area contributed by atoms with Gasteiger partial charge in [-0.3, -0.25) is 9.59 Å². The molecule has 0 fully saturated rings. The van der Waals surface area contributed by atoms with Gasteiger partial charge in [0.25, 0.3) is 0 Å². The Balaban J connectivity index is 3.57. The quantitative estimate of drug-likeness (QED) is 0.548. The van der Waals surface area contributed by atoms with Crippen molar-refractivity contribution in [3.05, 3.63) is 0 Å². The summed E-state index contributed by atoms with van der Waals surface area (Å²) < 4.78 is 0. The lowest BCUT2D eigenvalue weighted by molar-refractivity contribution is -0.126. The third-order valence-electron chi connectivity index (χ3n) is 1.91. The second kappa shape index (κ2) is 8.23. The normalized spacial score (nSPS) is 11.9. The molecule has 15 heavy (non-hydrogen) atoms. The molecule has 0 radical (unpaired) electrons. The van der Waals surface area contributed by atoms with Crippen molar-refractivity contribution in [2.45, 2.75) is 39.2 Å². The van der Waals surface area contributed by atoms with E-state index in [1.165, 1.54) is 0 Å². The third-order valence-corrected chi connectivity index (χ3v) is 1.91. The van der Waals surface area contributed by atoms with Crippen LogP contribution in [0.4, 0.5) is 0 Å². The largest absolute Gasteiger partial charge is 0.356 e. The first-order valence-electron chi connectivity index (χ1n) is 5.36. The summed E-state index contributed by atoms with van der Waals surface area (Å²) in [5.74, 6) is -0.202. The molecule has 2 amide bonds. The Labute approximate surface area is 90.8 Å². The van der Waals surface area contributed by atoms with E-state index < -0.39 is 0 Å². The first-order valence-corrected chi connectivity index (χ1v) is 5.36. The molecule has 0 aromatic rings. The summed E-state index contributed by atoms with van der Waals surface area (Å²) in [5.41, 5.74) is 5.35. The zero-order valence-electron chi connectivity index (χ0n) is 9.51. The molecular formula is C10H21N3O2. The molecular weight excluding hydrogens is 194 g/mol. The number of rotatable bonds is 7. The molecule has 88 valence electrons. The van der Waals surface area contributed by atoms with Crippen LogP contribution in [0.3, 0.4) is 0 Å². The van der Waals surface area contributed by atoms with Crippen LogP contribution in [-0.2, 0) is 9.59 Å². The average molecular weight is 215 g/mol. The van der Waals surface area contributed by atoms with E-state index >= 15 is 0 Å². The Morgan fingerprint density at radius 3 is 2.40 bits per heavy atom. The molecule has 0 aromatic heterocycles. The predicted molar refractivity (Wildman–Crippen MR) is 59.2 cm³/mol. The van der Waals surface area contributed by atoms with Gasteiger partial charge in [-0.15, -0.1) is 0 Å². The van der Waals surface area contributed by atoms with Gasteiger partial charge in [0.15, 0.2) is 0 Å². The first-order chi connectivity index (χ1) is 7.10. The highest BCUT2D eigenvalue weighted by molar-refractivity contribution is 5.83. The summed E-state index contributed by atoms with van der Waals surface area (Å²) in [6.07, 6.45) is 1.37. The molecule has 1 atom stereocenters. The SMILES string of the molecule is CCCNC(=O)CCC(=O)N[C@@H](C)CN. The highest BCUT2D eigenvalue weighted by atomic mass is 16.2. The van der Waals surface area contributed by atoms with E-state index in [-0.39, 0.29) is 30.7 Å². The molecule has 0 rings (SSSR count). The molecule has 0 aliphatic carbocycles. The first kappa shape index (κ1) is 13.9. The minimum absolute atomic E-state index is 0.0313. The lowest BCUT2D eigenvalue weighted by atomic mass is 10.2. The number of carbonyl (C=O) groups excluding carboxylic acids is 2. The van der Waals surface area contributed by atoms with Gasteiger partial charge in [-0.1, -0.05) is 6.92 Å². The number of hydrogen-bond donors (Lipinski definition) is 3. The summed E-state index contributed by atoms with van der Waals surface area (Å²) in [5, 5.41) is 5.41. The van der Waals surface area contributed by atoms with Crippen molar-refractivity contribution < 1.29 is 9.59 Å². The van der Waals surface area contributed by atoms with Gasteiger partial charge in [0.2, 0.25) is 11.8 Å². The van der Waals surface area contributed by atoms with E-state index in [1.54, 1.807) is 0 Å². The Kier molecular flexibility index (Phi) is 7.62. The zero-order chi connectivity index (χ0) is 11.7. The number of nitrogens with two attached hydrogens (primary N) is 1. The number of carbonyl (C=O) groups is 2. The lowest BCUT2D eigenvalue weighted by Gasteiger charge is -2.10. The highest BCUT2D eigenvalue weighted by Gasteiger charge is 2.08. The summed E-state index contributed by atoms with van der Waals surface area (Å²) in [6, 6.07) is -0.0313. The number of hydrogen-bond acceptors (Lipinski definition) is 3. The Morgan fingerprint density at radius 2 is 1.87 bits per heavy atom. The average Bonchev–Trinajstić information content (AvgIpc) is 2.23. The molecule has 0 aliphatic heterocycles. The van der Waals surface area contributed by atoms with Gasteiger partial charge >= 0.3 is 0 Å². The summed E-state index contributed by atoms with van der Waals surface area (Å²) in [7, 11) is 0. The maximum absolute atomic E-state index is 11.2. The topological polar surface area (TPSA) is 84.2 Å². The maximum atomic E-state index is 11.2. The van der Waals surface area contributed by atoms with Crippen LogP contribution in [0.25, 0.3) is 0 Å². The van der Waals surface area contributed by atoms with E-state index in [2.05, 4.69) is 10.6 Å². The van der Waals surface area contributed by atoms with Crippen molar-refractivity contribution in [1.29, 1.82) is 0 Å². The Morgan fingerprint density at radius 1 is 1.27 bits per heavy atom. The van der Waals surface area contributed by atoms with Crippen LogP contribution in [0.2, 0.25) is 0 Å². The molecule has 4 N–H and O–H groups in total. The van der Waals surface area contributed by atoms with E-state index in [0.29, 0.717) is 13.1 Å². The number of amides is 2. The fourth-order valence-electron chi connectivity index (χ4n) is 0.986. The van der Waals surface area contributed by atoms with Gasteiger partial charge in [0.05, 0.1) is 0 Å². The summed E-state index contributed by atoms with van der Waals surface area (Å²) in [6.45, 7) is 4.89. The van der Waals surface area contributed by atoms with Gasteiger partial charge < -0.3 is 16.4 Å². The van der Waals surface area contributed by atoms with E-state index in [0.717, 1.165) is 6.42 Å². The second-order valence-electron chi connectivity index (χ2n) is 3.55. The van der Waals surface area contributed by atoms with Crippen molar-refractivity contribution in [3.63, 3.8) is 0 Å². The fourth-order valence-corrected chi connectivity index (χ4v) is 0.986. The molecule has 0 bridgehead atoms. The Bertz CT molecular complexity index is 207. The van der Waals surface area contributed by atoms with Crippen LogP contribution in [0.1, 0.15) is 33.1 Å². The van der Waals surface area contributed by atoms with Gasteiger partial charge in [0, 0.05) is 32.0 Å². The van der Waals surface area contributed by atoms with Crippen LogP contribution < -0.4 is 16.4 Å². The van der Waals surface area contributed by atoms with Crippen molar-refractivity contribution in [3.8, 4) is 0 Å². The monoisotopic (exact) mass is 215 g/mol. The summed E-state index contributed by atoms with van der Waals surface area (Å²) in [4.78, 5) is 22.4. The molecule has 5 nitrogen and oxygen atoms in total. The van der Waals surface area contributed by atoms with E-state index in [4.69, 9.17) is 5.73 Å². The van der Waals surface area contributed by atoms with Crippen molar-refractivity contribution in [2.75, 3.05) is 13.1 Å². The lowest BCUT2D eigenvalue weighted by Crippen LogP contribution is -2.38. The minimum Gasteiger partial charge on any atom is -0.356 e. The van der Waals surface area contributed by atoms with Crippen LogP contribution in [-0.4, -0.2) is 30.9 Å². The standard InChI is InChI=1S/C10H21N3O2/c1-3-6-12-9(14)4-5-10(15)13-8(2)7-11/h8H,3-7,11H2,1-2H3,(H,12,14)(H,13,15)/t8-/m0/s1. The third kappa shape index (κ3) is 7.93. The smallest absolute Gasteiger partial charge is 0.220 e. The van der Waals surface area contributed by atoms with Gasteiger partial charge in [0.1, 0.15) is 0 Å². The predicted octanol–water partition coefficient (Wildman–Crippen LogP) is -0.244. The van der Waals surface area contributed by atoms with Gasteiger partial charge in [-0.05, 0) is 13.3 Å². The van der Waals surface area contributed by atoms with Crippen molar-refractivity contribution >= 4 is 11.8 Å². The highest BCUT2D eigenvalue weighted by Crippen LogP contribution is 1.90. The van der Waals surface area contributed by atoms with E-state index in [1.807, 2.05) is 13.8 Å². The molecule has 0 heterocycles. The van der Waals surface area contributed by atoms with E-state index in [9.17, 15) is 9.59 Å². The molecule has 5 heteroatoms. The second-order valence-corrected chi connectivity index (χ2v) is 3.55. The Hall–Kier alpha value is -1.10. The number of nitrogens with one attached hydrogen (secondary N) is 2. The van der Waals surface area contributed by atoms with Crippen LogP contribution >= 0.6 is 0 Å². The molecule has 0 saturated heterocycles.